The number of unbranched alkanes of at least 4 members (excludes halogenated alkanes) is 3. The van der Waals surface area contributed by atoms with Gasteiger partial charge in [0.2, 0.25) is 5.82 Å². The molecule has 0 radical (unpaired) electrons. The Balaban J connectivity index is 1.91. The maximum absolute atomic E-state index is 9.11. The Morgan fingerprint density at radius 3 is 3.04 bits per heavy atom. The molecule has 1 heterocycles. The first-order chi connectivity index (χ1) is 11.3. The summed E-state index contributed by atoms with van der Waals surface area (Å²) in [6, 6.07) is 9.63. The lowest BCUT2D eigenvalue weighted by Gasteiger charge is -2.08. The highest BCUT2D eigenvalue weighted by Gasteiger charge is 2.05. The van der Waals surface area contributed by atoms with Gasteiger partial charge in [0, 0.05) is 18.0 Å². The zero-order chi connectivity index (χ0) is 16.3. The molecule has 2 rings (SSSR count). The Kier molecular flexibility index (Phi) is 6.60. The molecule has 120 valence electrons. The number of aromatic amines is 1. The third-order valence-corrected chi connectivity index (χ3v) is 3.19. The Bertz CT molecular complexity index is 659. The van der Waals surface area contributed by atoms with Gasteiger partial charge in [-0.15, -0.1) is 10.2 Å². The molecule has 0 aliphatic carbocycles. The minimum absolute atomic E-state index is 0.253. The van der Waals surface area contributed by atoms with Gasteiger partial charge in [0.1, 0.15) is 17.4 Å². The summed E-state index contributed by atoms with van der Waals surface area (Å²) < 4.78 is 5.73. The van der Waals surface area contributed by atoms with Crippen molar-refractivity contribution in [2.75, 3.05) is 11.9 Å². The van der Waals surface area contributed by atoms with Crippen molar-refractivity contribution in [2.45, 2.75) is 32.6 Å². The summed E-state index contributed by atoms with van der Waals surface area (Å²) in [5, 5.41) is 25.5. The van der Waals surface area contributed by atoms with Gasteiger partial charge in [-0.05, 0) is 23.8 Å². The van der Waals surface area contributed by atoms with Gasteiger partial charge >= 0.3 is 0 Å². The Morgan fingerprint density at radius 1 is 1.39 bits per heavy atom. The van der Waals surface area contributed by atoms with Crippen molar-refractivity contribution >= 4 is 11.3 Å². The molecule has 0 amide bonds. The van der Waals surface area contributed by atoms with Crippen molar-refractivity contribution in [3.8, 4) is 11.8 Å². The number of tetrazole rings is 1. The molecule has 0 saturated heterocycles. The Labute approximate surface area is 135 Å². The largest absolute Gasteiger partial charge is 0.494 e. The van der Waals surface area contributed by atoms with Crippen molar-refractivity contribution in [1.29, 1.82) is 5.26 Å². The van der Waals surface area contributed by atoms with Crippen LogP contribution in [-0.4, -0.2) is 27.2 Å². The van der Waals surface area contributed by atoms with Crippen LogP contribution in [0, 0.1) is 11.3 Å². The number of ether oxygens (including phenoxy) is 1. The zero-order valence-corrected chi connectivity index (χ0v) is 13.1. The molecule has 2 N–H and O–H groups in total. The van der Waals surface area contributed by atoms with E-state index in [0.717, 1.165) is 17.9 Å². The van der Waals surface area contributed by atoms with Crippen molar-refractivity contribution in [3.63, 3.8) is 0 Å². The van der Waals surface area contributed by atoms with E-state index in [1.165, 1.54) is 19.3 Å². The van der Waals surface area contributed by atoms with Crippen molar-refractivity contribution in [3.05, 3.63) is 36.3 Å². The number of aromatic nitrogens is 4. The predicted octanol–water partition coefficient (Wildman–Crippen LogP) is 3.14. The summed E-state index contributed by atoms with van der Waals surface area (Å²) in [5.41, 5.74) is 1.12. The zero-order valence-electron chi connectivity index (χ0n) is 13.1. The van der Waals surface area contributed by atoms with Gasteiger partial charge in [0.05, 0.1) is 6.61 Å². The lowest BCUT2D eigenvalue weighted by molar-refractivity contribution is 0.305. The van der Waals surface area contributed by atoms with Gasteiger partial charge in [-0.1, -0.05) is 32.3 Å². The molecule has 0 atom stereocenters. The predicted molar refractivity (Wildman–Crippen MR) is 87.5 cm³/mol. The second-order valence-electron chi connectivity index (χ2n) is 4.99. The van der Waals surface area contributed by atoms with E-state index >= 15 is 0 Å². The van der Waals surface area contributed by atoms with E-state index in [1.54, 1.807) is 6.20 Å². The van der Waals surface area contributed by atoms with Crippen LogP contribution >= 0.6 is 0 Å². The fraction of sp³-hybridized carbons (Fsp3) is 0.375. The summed E-state index contributed by atoms with van der Waals surface area (Å²) in [6.07, 6.45) is 6.25. The fourth-order valence-electron chi connectivity index (χ4n) is 1.97. The van der Waals surface area contributed by atoms with Crippen LogP contribution < -0.4 is 10.1 Å². The second-order valence-corrected chi connectivity index (χ2v) is 4.99. The van der Waals surface area contributed by atoms with Gasteiger partial charge in [0.25, 0.3) is 0 Å². The smallest absolute Gasteiger partial charge is 0.216 e. The number of nitrogens with zero attached hydrogens (tertiary/aromatic N) is 4. The lowest BCUT2D eigenvalue weighted by Crippen LogP contribution is -1.98. The summed E-state index contributed by atoms with van der Waals surface area (Å²) in [7, 11) is 0. The number of anilines is 1. The quantitative estimate of drug-likeness (QED) is 0.545. The van der Waals surface area contributed by atoms with E-state index in [0.29, 0.717) is 12.2 Å². The second kappa shape index (κ2) is 9.20. The van der Waals surface area contributed by atoms with Gasteiger partial charge in [-0.25, -0.2) is 0 Å². The number of H-pyrrole nitrogens is 1. The molecule has 0 unspecified atom stereocenters. The Hall–Kier alpha value is -2.88. The molecule has 7 heteroatoms. The molecule has 0 spiro atoms. The highest BCUT2D eigenvalue weighted by Crippen LogP contribution is 2.18. The molecular weight excluding hydrogens is 292 g/mol. The highest BCUT2D eigenvalue weighted by atomic mass is 16.5. The average molecular weight is 312 g/mol. The van der Waals surface area contributed by atoms with E-state index in [-0.39, 0.29) is 5.82 Å². The van der Waals surface area contributed by atoms with Gasteiger partial charge < -0.3 is 10.1 Å². The fourth-order valence-corrected chi connectivity index (χ4v) is 1.97. The molecular formula is C16H20N6O. The minimum atomic E-state index is 0.253. The van der Waals surface area contributed by atoms with Gasteiger partial charge in [-0.3, -0.25) is 0 Å². The topological polar surface area (TPSA) is 99.5 Å². The molecule has 0 aliphatic rings. The van der Waals surface area contributed by atoms with Crippen LogP contribution in [0.4, 0.5) is 5.69 Å². The Morgan fingerprint density at radius 2 is 2.30 bits per heavy atom. The number of rotatable bonds is 9. The van der Waals surface area contributed by atoms with Crippen molar-refractivity contribution in [2.24, 2.45) is 0 Å². The van der Waals surface area contributed by atoms with E-state index in [1.807, 2.05) is 30.3 Å². The number of nitriles is 1. The van der Waals surface area contributed by atoms with E-state index < -0.39 is 0 Å². The van der Waals surface area contributed by atoms with Crippen LogP contribution in [0.15, 0.2) is 30.5 Å². The van der Waals surface area contributed by atoms with Crippen LogP contribution in [0.3, 0.4) is 0 Å². The van der Waals surface area contributed by atoms with E-state index in [4.69, 9.17) is 10.00 Å². The monoisotopic (exact) mass is 312 g/mol. The molecule has 0 bridgehead atoms. The van der Waals surface area contributed by atoms with Crippen LogP contribution in [0.1, 0.15) is 38.4 Å². The van der Waals surface area contributed by atoms with Crippen LogP contribution in [0.2, 0.25) is 0 Å². The van der Waals surface area contributed by atoms with Crippen molar-refractivity contribution in [1.82, 2.24) is 20.6 Å². The standard InChI is InChI=1S/C16H20N6O/c1-2-3-4-5-9-23-15-8-6-7-14(10-15)18-12-13(11-17)16-19-21-22-20-16/h6-8,10,12,18H,2-5,9H2,1H3,(H,19,20,21,22). The molecule has 0 saturated carbocycles. The third-order valence-electron chi connectivity index (χ3n) is 3.19. The van der Waals surface area contributed by atoms with Crippen LogP contribution in [-0.2, 0) is 0 Å². The summed E-state index contributed by atoms with van der Waals surface area (Å²) in [5.74, 6) is 1.06. The molecule has 7 nitrogen and oxygen atoms in total. The lowest BCUT2D eigenvalue weighted by atomic mass is 10.2. The number of nitrogens with one attached hydrogen (secondary N) is 2. The number of allylic oxidation sites excluding steroid dienone is 1. The number of benzene rings is 1. The average Bonchev–Trinajstić information content (AvgIpc) is 3.10. The maximum atomic E-state index is 9.11. The first-order valence-electron chi connectivity index (χ1n) is 7.67. The van der Waals surface area contributed by atoms with E-state index in [2.05, 4.69) is 32.9 Å². The SMILES string of the molecule is CCCCCCOc1cccc(NC=C(C#N)c2nn[nH]n2)c1. The highest BCUT2D eigenvalue weighted by molar-refractivity contribution is 5.74. The van der Waals surface area contributed by atoms with E-state index in [9.17, 15) is 0 Å². The first kappa shape index (κ1) is 16.5. The molecule has 0 aliphatic heterocycles. The molecule has 1 aromatic carbocycles. The summed E-state index contributed by atoms with van der Waals surface area (Å²) in [6.45, 7) is 2.90. The molecule has 0 fully saturated rings. The first-order valence-corrected chi connectivity index (χ1v) is 7.67. The van der Waals surface area contributed by atoms with Crippen molar-refractivity contribution < 1.29 is 4.74 Å². The van der Waals surface area contributed by atoms with Crippen LogP contribution in [0.5, 0.6) is 5.75 Å². The molecule has 23 heavy (non-hydrogen) atoms. The summed E-state index contributed by atoms with van der Waals surface area (Å²) >= 11 is 0. The normalized spacial score (nSPS) is 11.0. The molecule has 1 aromatic heterocycles. The van der Waals surface area contributed by atoms with Gasteiger partial charge in [-0.2, -0.15) is 10.5 Å². The van der Waals surface area contributed by atoms with Crippen LogP contribution in [0.25, 0.3) is 5.57 Å². The number of hydrogen-bond donors (Lipinski definition) is 2. The van der Waals surface area contributed by atoms with Gasteiger partial charge in [0.15, 0.2) is 0 Å². The third kappa shape index (κ3) is 5.43. The summed E-state index contributed by atoms with van der Waals surface area (Å²) in [4.78, 5) is 0. The maximum Gasteiger partial charge on any atom is 0.216 e. The number of hydrogen-bond acceptors (Lipinski definition) is 6. The molecule has 2 aromatic rings. The minimum Gasteiger partial charge on any atom is -0.494 e.